The van der Waals surface area contributed by atoms with Crippen LogP contribution in [0.2, 0.25) is 0 Å². The van der Waals surface area contributed by atoms with Gasteiger partial charge in [0.15, 0.2) is 11.5 Å². The molecule has 0 saturated carbocycles. The Kier molecular flexibility index (Phi) is 6.50. The van der Waals surface area contributed by atoms with Gasteiger partial charge in [0.05, 0.1) is 18.2 Å². The maximum Gasteiger partial charge on any atom is 0.417 e. The third-order valence-corrected chi connectivity index (χ3v) is 3.72. The van der Waals surface area contributed by atoms with Crippen molar-refractivity contribution in [2.24, 2.45) is 0 Å². The minimum Gasteiger partial charge on any atom is -0.493 e. The molecule has 1 N–H and O–H groups in total. The summed E-state index contributed by atoms with van der Waals surface area (Å²) in [5, 5.41) is 1.90. The molecule has 0 aliphatic rings. The normalized spacial score (nSPS) is 10.9. The lowest BCUT2D eigenvalue weighted by atomic mass is 10.0. The molecule has 2 aromatic rings. The lowest BCUT2D eigenvalue weighted by Gasteiger charge is -2.18. The molecule has 6 nitrogen and oxygen atoms in total. The zero-order chi connectivity index (χ0) is 20.9. The summed E-state index contributed by atoms with van der Waals surface area (Å²) in [4.78, 5) is 25.0. The highest BCUT2D eigenvalue weighted by Gasteiger charge is 2.37. The summed E-state index contributed by atoms with van der Waals surface area (Å²) in [6, 6.07) is 9.69. The fraction of sp³-hybridized carbons (Fsp3) is 0.263. The van der Waals surface area contributed by atoms with Gasteiger partial charge in [-0.2, -0.15) is 13.2 Å². The number of carbonyl (C=O) groups excluding carboxylic acids is 2. The molecule has 2 aromatic carbocycles. The number of halogens is 3. The Morgan fingerprint density at radius 3 is 2.25 bits per heavy atom. The number of hydrogen-bond donors (Lipinski definition) is 1. The van der Waals surface area contributed by atoms with Gasteiger partial charge in [-0.15, -0.1) is 0 Å². The molecule has 0 aliphatic carbocycles. The molecular formula is C19H19F3N2O4. The molecule has 0 aromatic heterocycles. The number of methoxy groups -OCH3 is 1. The number of hydrogen-bond acceptors (Lipinski definition) is 4. The molecule has 0 fully saturated rings. The van der Waals surface area contributed by atoms with Crippen LogP contribution in [0.15, 0.2) is 42.5 Å². The van der Waals surface area contributed by atoms with Crippen molar-refractivity contribution in [3.05, 3.63) is 59.2 Å². The second-order valence-corrected chi connectivity index (χ2v) is 5.97. The van der Waals surface area contributed by atoms with Crippen LogP contribution in [-0.2, 0) is 12.8 Å². The van der Waals surface area contributed by atoms with E-state index in [2.05, 4.69) is 0 Å². The van der Waals surface area contributed by atoms with Gasteiger partial charge >= 0.3 is 12.2 Å². The van der Waals surface area contributed by atoms with E-state index in [1.54, 1.807) is 24.3 Å². The maximum absolute atomic E-state index is 13.4. The van der Waals surface area contributed by atoms with E-state index in [1.165, 1.54) is 21.2 Å². The van der Waals surface area contributed by atoms with Crippen LogP contribution in [0.25, 0.3) is 0 Å². The molecule has 0 heterocycles. The first-order valence-electron chi connectivity index (χ1n) is 8.12. The molecule has 0 atom stereocenters. The molecule has 0 bridgehead atoms. The van der Waals surface area contributed by atoms with Crippen molar-refractivity contribution in [3.63, 3.8) is 0 Å². The Labute approximate surface area is 159 Å². The summed E-state index contributed by atoms with van der Waals surface area (Å²) < 4.78 is 50.8. The smallest absolute Gasteiger partial charge is 0.417 e. The minimum atomic E-state index is -4.83. The summed E-state index contributed by atoms with van der Waals surface area (Å²) in [6.45, 7) is 0.0558. The van der Waals surface area contributed by atoms with Crippen LogP contribution >= 0.6 is 0 Å². The van der Waals surface area contributed by atoms with E-state index in [-0.39, 0.29) is 18.1 Å². The van der Waals surface area contributed by atoms with Crippen molar-refractivity contribution in [1.29, 1.82) is 0 Å². The monoisotopic (exact) mass is 396 g/mol. The Morgan fingerprint density at radius 2 is 1.71 bits per heavy atom. The van der Waals surface area contributed by atoms with E-state index < -0.39 is 29.2 Å². The fourth-order valence-corrected chi connectivity index (χ4v) is 2.27. The highest BCUT2D eigenvalue weighted by Crippen LogP contribution is 2.39. The first-order valence-corrected chi connectivity index (χ1v) is 8.12. The highest BCUT2D eigenvalue weighted by atomic mass is 19.4. The van der Waals surface area contributed by atoms with Crippen molar-refractivity contribution in [2.45, 2.75) is 12.8 Å². The van der Waals surface area contributed by atoms with E-state index in [9.17, 15) is 22.8 Å². The molecule has 9 heteroatoms. The van der Waals surface area contributed by atoms with E-state index in [1.807, 2.05) is 11.4 Å². The first-order chi connectivity index (χ1) is 13.1. The third-order valence-electron chi connectivity index (χ3n) is 3.72. The third kappa shape index (κ3) is 5.15. The average molecular weight is 396 g/mol. The molecular weight excluding hydrogens is 377 g/mol. The first kappa shape index (κ1) is 21.1. The number of benzene rings is 2. The van der Waals surface area contributed by atoms with E-state index >= 15 is 0 Å². The minimum absolute atomic E-state index is 0.0539. The zero-order valence-electron chi connectivity index (χ0n) is 15.5. The molecule has 0 unspecified atom stereocenters. The Bertz CT molecular complexity index is 852. The van der Waals surface area contributed by atoms with Crippen molar-refractivity contribution < 1.29 is 32.2 Å². The predicted octanol–water partition coefficient (Wildman–Crippen LogP) is 3.70. The van der Waals surface area contributed by atoms with Gasteiger partial charge in [0.1, 0.15) is 6.61 Å². The van der Waals surface area contributed by atoms with E-state index in [0.29, 0.717) is 6.07 Å². The summed E-state index contributed by atoms with van der Waals surface area (Å²) in [7, 11) is 3.91. The molecule has 0 saturated heterocycles. The molecule has 0 radical (unpaired) electrons. The molecule has 3 amide bonds. The van der Waals surface area contributed by atoms with E-state index in [4.69, 9.17) is 9.47 Å². The summed E-state index contributed by atoms with van der Waals surface area (Å²) >= 11 is 0. The SMILES string of the molecule is COc1cc(C(F)(F)F)c(C(=O)NC(=O)N(C)C)cc1OCc1ccccc1. The van der Waals surface area contributed by atoms with Crippen molar-refractivity contribution in [2.75, 3.05) is 21.2 Å². The molecule has 0 spiro atoms. The lowest BCUT2D eigenvalue weighted by Crippen LogP contribution is -2.39. The van der Waals surface area contributed by atoms with Gasteiger partial charge in [0, 0.05) is 14.1 Å². The highest BCUT2D eigenvalue weighted by molar-refractivity contribution is 6.05. The second-order valence-electron chi connectivity index (χ2n) is 5.97. The van der Waals surface area contributed by atoms with Crippen LogP contribution in [0.3, 0.4) is 0 Å². The zero-order valence-corrected chi connectivity index (χ0v) is 15.5. The van der Waals surface area contributed by atoms with Crippen LogP contribution in [0.5, 0.6) is 11.5 Å². The maximum atomic E-state index is 13.4. The van der Waals surface area contributed by atoms with Crippen LogP contribution in [0.1, 0.15) is 21.5 Å². The van der Waals surface area contributed by atoms with Gasteiger partial charge in [0.2, 0.25) is 0 Å². The van der Waals surface area contributed by atoms with Gasteiger partial charge in [-0.3, -0.25) is 10.1 Å². The number of nitrogens with one attached hydrogen (secondary N) is 1. The van der Waals surface area contributed by atoms with Gasteiger partial charge < -0.3 is 14.4 Å². The second kappa shape index (κ2) is 8.64. The number of alkyl halides is 3. The van der Waals surface area contributed by atoms with Gasteiger partial charge in [0.25, 0.3) is 5.91 Å². The number of urea groups is 1. The largest absolute Gasteiger partial charge is 0.493 e. The van der Waals surface area contributed by atoms with Crippen molar-refractivity contribution in [3.8, 4) is 11.5 Å². The molecule has 2 rings (SSSR count). The quantitative estimate of drug-likeness (QED) is 0.837. The summed E-state index contributed by atoms with van der Waals surface area (Å²) in [5.41, 5.74) is -1.20. The van der Waals surface area contributed by atoms with Crippen LogP contribution in [0, 0.1) is 0 Å². The molecule has 28 heavy (non-hydrogen) atoms. The van der Waals surface area contributed by atoms with Gasteiger partial charge in [-0.05, 0) is 17.7 Å². The van der Waals surface area contributed by atoms with Crippen LogP contribution in [0.4, 0.5) is 18.0 Å². The summed E-state index contributed by atoms with van der Waals surface area (Å²) in [5.74, 6) is -1.43. The Hall–Kier alpha value is -3.23. The number of ether oxygens (including phenoxy) is 2. The number of carbonyl (C=O) groups is 2. The Morgan fingerprint density at radius 1 is 1.07 bits per heavy atom. The Balaban J connectivity index is 2.42. The number of amides is 3. The fourth-order valence-electron chi connectivity index (χ4n) is 2.27. The topological polar surface area (TPSA) is 67.9 Å². The van der Waals surface area contributed by atoms with Crippen molar-refractivity contribution in [1.82, 2.24) is 10.2 Å². The lowest BCUT2D eigenvalue weighted by molar-refractivity contribution is -0.138. The van der Waals surface area contributed by atoms with Crippen LogP contribution < -0.4 is 14.8 Å². The van der Waals surface area contributed by atoms with Crippen molar-refractivity contribution >= 4 is 11.9 Å². The van der Waals surface area contributed by atoms with Gasteiger partial charge in [-0.1, -0.05) is 30.3 Å². The number of nitrogens with zero attached hydrogens (tertiary/aromatic N) is 1. The summed E-state index contributed by atoms with van der Waals surface area (Å²) in [6.07, 6.45) is -4.83. The van der Waals surface area contributed by atoms with E-state index in [0.717, 1.165) is 16.5 Å². The number of rotatable bonds is 5. The predicted molar refractivity (Wildman–Crippen MR) is 95.3 cm³/mol. The standard InChI is InChI=1S/C19H19F3N2O4/c1-24(2)18(26)23-17(25)13-9-16(28-11-12-7-5-4-6-8-12)15(27-3)10-14(13)19(20,21)22/h4-10H,11H2,1-3H3,(H,23,25,26). The molecule has 150 valence electrons. The molecule has 0 aliphatic heterocycles. The van der Waals surface area contributed by atoms with Gasteiger partial charge in [-0.25, -0.2) is 4.79 Å². The van der Waals surface area contributed by atoms with Crippen LogP contribution in [-0.4, -0.2) is 38.0 Å². The average Bonchev–Trinajstić information content (AvgIpc) is 2.65. The number of imide groups is 1.